The minimum Gasteiger partial charge on any atom is -0.506 e. The maximum Gasteiger partial charge on any atom is 0.423 e. The van der Waals surface area contributed by atoms with Crippen molar-refractivity contribution in [2.75, 3.05) is 11.5 Å². The van der Waals surface area contributed by atoms with Crippen LogP contribution in [0.2, 0.25) is 0 Å². The fraction of sp³-hybridized carbons (Fsp3) is 0.538. The fourth-order valence-electron chi connectivity index (χ4n) is 1.79. The number of aromatic hydroxyl groups is 1. The lowest BCUT2D eigenvalue weighted by Gasteiger charge is -2.29. The van der Waals surface area contributed by atoms with Gasteiger partial charge in [-0.05, 0) is 18.6 Å². The van der Waals surface area contributed by atoms with Crippen molar-refractivity contribution in [3.05, 3.63) is 24.0 Å². The minimum absolute atomic E-state index is 0.163. The highest BCUT2D eigenvalue weighted by atomic mass is 32.2. The lowest BCUT2D eigenvalue weighted by molar-refractivity contribution is -0.268. The zero-order chi connectivity index (χ0) is 18.5. The monoisotopic (exact) mass is 370 g/mol. The molecule has 0 aromatic carbocycles. The van der Waals surface area contributed by atoms with Gasteiger partial charge < -0.3 is 21.1 Å². The number of nitrogens with zero attached hydrogens (tertiary/aromatic N) is 1. The average Bonchev–Trinajstić information content (AvgIpc) is 2.49. The van der Waals surface area contributed by atoms with Crippen LogP contribution < -0.4 is 5.73 Å². The van der Waals surface area contributed by atoms with E-state index in [2.05, 4.69) is 4.98 Å². The van der Waals surface area contributed by atoms with Crippen molar-refractivity contribution in [3.8, 4) is 5.75 Å². The third-order valence-corrected chi connectivity index (χ3v) is 4.66. The fourth-order valence-corrected chi connectivity index (χ4v) is 3.04. The number of halogens is 3. The molecule has 3 atom stereocenters. The second-order valence-electron chi connectivity index (χ2n) is 5.09. The molecule has 1 aromatic heterocycles. The number of carboxylic acids is 1. The van der Waals surface area contributed by atoms with E-state index in [-0.39, 0.29) is 17.9 Å². The third-order valence-electron chi connectivity index (χ3n) is 3.31. The van der Waals surface area contributed by atoms with Crippen molar-refractivity contribution in [3.63, 3.8) is 0 Å². The molecule has 24 heavy (non-hydrogen) atoms. The minimum atomic E-state index is -5.07. The summed E-state index contributed by atoms with van der Waals surface area (Å²) in [6.07, 6.45) is -5.40. The summed E-state index contributed by atoms with van der Waals surface area (Å²) in [7, 11) is -1.80. The van der Waals surface area contributed by atoms with Crippen LogP contribution in [0.15, 0.2) is 18.3 Å². The van der Waals surface area contributed by atoms with Crippen LogP contribution in [0.3, 0.4) is 0 Å². The maximum atomic E-state index is 13.2. The maximum absolute atomic E-state index is 13.2. The summed E-state index contributed by atoms with van der Waals surface area (Å²) in [4.78, 5) is 13.9. The molecule has 0 aliphatic heterocycles. The molecular weight excluding hydrogens is 353 g/mol. The van der Waals surface area contributed by atoms with E-state index >= 15 is 0 Å². The Kier molecular flexibility index (Phi) is 6.69. The van der Waals surface area contributed by atoms with Crippen LogP contribution in [0.25, 0.3) is 0 Å². The molecule has 0 saturated carbocycles. The number of carboxylic acid groups (broad SMARTS) is 1. The summed E-state index contributed by atoms with van der Waals surface area (Å²) in [6.45, 7) is 0. The lowest BCUT2D eigenvalue weighted by atomic mass is 9.95. The standard InChI is InChI=1S/C13H17F3N2O5S/c14-13(15,16)12(22,10-2-1-8(19)7-18-10)4-6-24(23)5-3-9(17)11(20)21/h1-2,7,9,19,22H,3-6,17H2,(H,20,21). The van der Waals surface area contributed by atoms with Crippen molar-refractivity contribution < 1.29 is 37.5 Å². The highest BCUT2D eigenvalue weighted by Crippen LogP contribution is 2.41. The number of alkyl halides is 3. The first-order valence-corrected chi connectivity index (χ1v) is 8.24. The largest absolute Gasteiger partial charge is 0.506 e. The normalized spacial score (nSPS) is 17.0. The average molecular weight is 370 g/mol. The molecule has 11 heteroatoms. The van der Waals surface area contributed by atoms with Crippen molar-refractivity contribution in [2.24, 2.45) is 5.73 Å². The number of aromatic nitrogens is 1. The molecule has 0 radical (unpaired) electrons. The first kappa shape index (κ1) is 20.3. The smallest absolute Gasteiger partial charge is 0.423 e. The van der Waals surface area contributed by atoms with Gasteiger partial charge in [0.25, 0.3) is 0 Å². The van der Waals surface area contributed by atoms with Gasteiger partial charge in [-0.1, -0.05) is 0 Å². The van der Waals surface area contributed by atoms with Gasteiger partial charge in [0.15, 0.2) is 0 Å². The molecule has 1 rings (SSSR count). The zero-order valence-corrected chi connectivity index (χ0v) is 13.2. The number of rotatable bonds is 8. The lowest BCUT2D eigenvalue weighted by Crippen LogP contribution is -2.44. The van der Waals surface area contributed by atoms with E-state index in [1.54, 1.807) is 0 Å². The predicted octanol–water partition coefficient (Wildman–Crippen LogP) is 0.478. The first-order valence-electron chi connectivity index (χ1n) is 6.75. The molecule has 136 valence electrons. The Morgan fingerprint density at radius 1 is 1.33 bits per heavy atom. The van der Waals surface area contributed by atoms with E-state index in [1.807, 2.05) is 0 Å². The quantitative estimate of drug-likeness (QED) is 0.523. The van der Waals surface area contributed by atoms with Gasteiger partial charge in [-0.3, -0.25) is 14.0 Å². The van der Waals surface area contributed by atoms with Crippen LogP contribution in [0, 0.1) is 0 Å². The Labute approximate surface area is 137 Å². The van der Waals surface area contributed by atoms with Crippen LogP contribution in [0.1, 0.15) is 18.5 Å². The molecule has 0 spiro atoms. The number of hydrogen-bond acceptors (Lipinski definition) is 6. The molecule has 0 saturated heterocycles. The third kappa shape index (κ3) is 5.14. The number of aliphatic hydroxyl groups is 1. The summed E-state index contributed by atoms with van der Waals surface area (Å²) in [6, 6.07) is 0.516. The molecule has 0 aliphatic rings. The zero-order valence-electron chi connectivity index (χ0n) is 12.4. The molecule has 0 bridgehead atoms. The first-order chi connectivity index (χ1) is 11.0. The number of pyridine rings is 1. The van der Waals surface area contributed by atoms with Gasteiger partial charge >= 0.3 is 12.1 Å². The predicted molar refractivity (Wildman–Crippen MR) is 78.6 cm³/mol. The number of carbonyl (C=O) groups is 1. The van der Waals surface area contributed by atoms with Gasteiger partial charge in [0.05, 0.1) is 11.9 Å². The molecule has 1 heterocycles. The van der Waals surface area contributed by atoms with Crippen LogP contribution in [-0.4, -0.2) is 54.2 Å². The highest BCUT2D eigenvalue weighted by molar-refractivity contribution is 7.84. The van der Waals surface area contributed by atoms with Crippen LogP contribution in [0.5, 0.6) is 5.75 Å². The van der Waals surface area contributed by atoms with E-state index in [0.29, 0.717) is 0 Å². The van der Waals surface area contributed by atoms with E-state index in [9.17, 15) is 27.3 Å². The Hall–Kier alpha value is -1.72. The molecule has 0 aliphatic carbocycles. The SMILES string of the molecule is NC(CCS(=O)CCC(O)(c1ccc(O)cn1)C(F)(F)F)C(=O)O. The molecule has 3 unspecified atom stereocenters. The van der Waals surface area contributed by atoms with Crippen LogP contribution >= 0.6 is 0 Å². The van der Waals surface area contributed by atoms with E-state index in [0.717, 1.165) is 18.3 Å². The summed E-state index contributed by atoms with van der Waals surface area (Å²) >= 11 is 0. The number of hydrogen-bond donors (Lipinski definition) is 4. The Morgan fingerprint density at radius 3 is 2.42 bits per heavy atom. The number of nitrogens with two attached hydrogens (primary N) is 1. The molecule has 0 amide bonds. The molecule has 7 nitrogen and oxygen atoms in total. The van der Waals surface area contributed by atoms with Crippen molar-refractivity contribution in [1.82, 2.24) is 4.98 Å². The van der Waals surface area contributed by atoms with Crippen molar-refractivity contribution in [2.45, 2.75) is 30.7 Å². The Balaban J connectivity index is 2.79. The van der Waals surface area contributed by atoms with Gasteiger partial charge in [0, 0.05) is 28.7 Å². The Morgan fingerprint density at radius 2 is 1.96 bits per heavy atom. The Bertz CT molecular complexity index is 596. The van der Waals surface area contributed by atoms with E-state index in [1.165, 1.54) is 0 Å². The van der Waals surface area contributed by atoms with Crippen molar-refractivity contribution >= 4 is 16.8 Å². The molecular formula is C13H17F3N2O5S. The van der Waals surface area contributed by atoms with Crippen molar-refractivity contribution in [1.29, 1.82) is 0 Å². The van der Waals surface area contributed by atoms with Gasteiger partial charge in [-0.2, -0.15) is 13.2 Å². The van der Waals surface area contributed by atoms with Crippen LogP contribution in [0.4, 0.5) is 13.2 Å². The topological polar surface area (TPSA) is 134 Å². The summed E-state index contributed by atoms with van der Waals surface area (Å²) in [5.74, 6) is -2.39. The van der Waals surface area contributed by atoms with E-state index < -0.39 is 52.5 Å². The van der Waals surface area contributed by atoms with Gasteiger partial charge in [-0.25, -0.2) is 0 Å². The van der Waals surface area contributed by atoms with Gasteiger partial charge in [0.1, 0.15) is 11.8 Å². The molecule has 0 fully saturated rings. The van der Waals surface area contributed by atoms with Gasteiger partial charge in [0.2, 0.25) is 5.60 Å². The second-order valence-corrected chi connectivity index (χ2v) is 6.79. The molecule has 5 N–H and O–H groups in total. The summed E-state index contributed by atoms with van der Waals surface area (Å²) in [5, 5.41) is 27.7. The molecule has 1 aromatic rings. The highest BCUT2D eigenvalue weighted by Gasteiger charge is 2.55. The number of aliphatic carboxylic acids is 1. The van der Waals surface area contributed by atoms with E-state index in [4.69, 9.17) is 15.9 Å². The van der Waals surface area contributed by atoms with Gasteiger partial charge in [-0.15, -0.1) is 0 Å². The summed E-state index contributed by atoms with van der Waals surface area (Å²) < 4.78 is 51.4. The second kappa shape index (κ2) is 7.90. The summed E-state index contributed by atoms with van der Waals surface area (Å²) in [5.41, 5.74) is 1.17. The van der Waals surface area contributed by atoms with Crippen LogP contribution in [-0.2, 0) is 21.2 Å².